The number of carbonyl (C=O) groups excluding carboxylic acids is 12. The van der Waals surface area contributed by atoms with Gasteiger partial charge in [0.1, 0.15) is 84.4 Å². The fraction of sp³-hybridized carbons (Fsp3) is 0.658. The van der Waals surface area contributed by atoms with Gasteiger partial charge in [-0.3, -0.25) is 57.6 Å². The number of amides is 11. The van der Waals surface area contributed by atoms with Crippen molar-refractivity contribution in [2.24, 2.45) is 47.3 Å². The molecule has 0 saturated carbocycles. The van der Waals surface area contributed by atoms with Gasteiger partial charge in [0.2, 0.25) is 65.0 Å². The van der Waals surface area contributed by atoms with E-state index < -0.39 is 197 Å². The molecule has 29 nitrogen and oxygen atoms in total. The number of aliphatic hydroxyl groups excluding tert-OH is 2. The highest BCUT2D eigenvalue weighted by molar-refractivity contribution is 6.01. The molecule has 0 aliphatic carbocycles. The molecule has 2 aromatic carbocycles. The van der Waals surface area contributed by atoms with Crippen molar-refractivity contribution in [1.82, 2.24) is 66.7 Å². The predicted molar refractivity (Wildman–Crippen MR) is 398 cm³/mol. The SMILES string of the molecule is COc1cccc2[nH]cc(C[C@H]3C(=O)N[C@@H](C(C)C)C(=O)NC([C@H](O)c4ccccc4)C(=O)N[C@@H](C(C)C)C(=O)O[C@H](C)[C@H](NC(=O)[C@@H](NC(=O)[C@H](C(C)C)N(C)C)C(C)C)C(=O)N(C)[C@@H]([C@@H](C)O)C(=O)N[C@@H](C(C)C)C(=O)N(C)[C@@H](CC(C)C)C(=O)N[C@@H](C(C)C)C(=O)N(C)[C@@H](C(C)C)C(=O)N3C)c12. The average molecular weight is 1470 g/mol. The number of benzene rings is 2. The highest BCUT2D eigenvalue weighted by Gasteiger charge is 2.47. The first kappa shape index (κ1) is 88.7. The molecule has 1 unspecified atom stereocenters. The molecule has 0 spiro atoms. The Bertz CT molecular complexity index is 3490. The molecular weight excluding hydrogens is 1350 g/mol. The fourth-order valence-electron chi connectivity index (χ4n) is 13.4. The number of hydrogen-bond donors (Lipinski definition) is 10. The number of aliphatic hydroxyl groups is 2. The lowest BCUT2D eigenvalue weighted by Crippen LogP contribution is -2.65. The van der Waals surface area contributed by atoms with Gasteiger partial charge in [0.15, 0.2) is 0 Å². The van der Waals surface area contributed by atoms with Crippen molar-refractivity contribution in [2.45, 2.75) is 228 Å². The maximum absolute atomic E-state index is 15.6. The number of likely N-dealkylation sites (N-methyl/N-ethyl adjacent to an activating group) is 5. The minimum atomic E-state index is -1.94. The van der Waals surface area contributed by atoms with E-state index in [0.29, 0.717) is 22.2 Å². The molecule has 1 saturated heterocycles. The molecule has 29 heteroatoms. The molecule has 1 aliphatic heterocycles. The molecule has 10 N–H and O–H groups in total. The average Bonchev–Trinajstić information content (AvgIpc) is 1.75. The van der Waals surface area contributed by atoms with Crippen molar-refractivity contribution in [2.75, 3.05) is 49.4 Å². The lowest BCUT2D eigenvalue weighted by Gasteiger charge is -2.39. The summed E-state index contributed by atoms with van der Waals surface area (Å²) in [7, 11) is 10.2. The second kappa shape index (κ2) is 39.1. The number of nitrogens with one attached hydrogen (secondary N) is 8. The third-order valence-electron chi connectivity index (χ3n) is 19.5. The number of methoxy groups -OCH3 is 1. The van der Waals surface area contributed by atoms with Crippen molar-refractivity contribution in [3.63, 3.8) is 0 Å². The molecule has 1 aromatic heterocycles. The summed E-state index contributed by atoms with van der Waals surface area (Å²) >= 11 is 0. The number of rotatable bonds is 20. The quantitative estimate of drug-likeness (QED) is 0.0727. The van der Waals surface area contributed by atoms with Gasteiger partial charge in [-0.2, -0.15) is 0 Å². The Morgan fingerprint density at radius 1 is 0.543 bits per heavy atom. The van der Waals surface area contributed by atoms with Crippen molar-refractivity contribution in [1.29, 1.82) is 0 Å². The van der Waals surface area contributed by atoms with E-state index in [1.165, 1.54) is 64.0 Å². The van der Waals surface area contributed by atoms with Crippen LogP contribution in [0.5, 0.6) is 5.75 Å². The largest absolute Gasteiger partial charge is 0.496 e. The van der Waals surface area contributed by atoms with Crippen LogP contribution >= 0.6 is 0 Å². The van der Waals surface area contributed by atoms with Crippen molar-refractivity contribution in [3.05, 3.63) is 65.9 Å². The van der Waals surface area contributed by atoms with Crippen LogP contribution in [0.15, 0.2) is 54.7 Å². The van der Waals surface area contributed by atoms with Crippen LogP contribution in [0.3, 0.4) is 0 Å². The van der Waals surface area contributed by atoms with Gasteiger partial charge < -0.3 is 81.5 Å². The number of carbonyl (C=O) groups is 12. The molecule has 15 atom stereocenters. The van der Waals surface area contributed by atoms with Crippen molar-refractivity contribution >= 4 is 81.9 Å². The van der Waals surface area contributed by atoms with Crippen LogP contribution in [-0.4, -0.2) is 245 Å². The lowest BCUT2D eigenvalue weighted by atomic mass is 9.94. The second-order valence-electron chi connectivity index (χ2n) is 31.0. The molecule has 2 heterocycles. The van der Waals surface area contributed by atoms with Crippen LogP contribution in [0.2, 0.25) is 0 Å². The van der Waals surface area contributed by atoms with E-state index in [4.69, 9.17) is 9.47 Å². The molecule has 105 heavy (non-hydrogen) atoms. The Balaban J connectivity index is 2.07. The number of hydrogen-bond acceptors (Lipinski definition) is 17. The molecule has 586 valence electrons. The van der Waals surface area contributed by atoms with Crippen LogP contribution < -0.4 is 42.0 Å². The summed E-state index contributed by atoms with van der Waals surface area (Å²) in [5.74, 6) is -15.0. The molecule has 4 rings (SSSR count). The second-order valence-corrected chi connectivity index (χ2v) is 31.0. The maximum Gasteiger partial charge on any atom is 0.329 e. The van der Waals surface area contributed by atoms with Gasteiger partial charge >= 0.3 is 5.97 Å². The maximum atomic E-state index is 15.6. The number of fused-ring (bicyclic) bond motifs is 1. The number of ether oxygens (including phenoxy) is 2. The van der Waals surface area contributed by atoms with Gasteiger partial charge in [-0.05, 0) is 105 Å². The third-order valence-corrected chi connectivity index (χ3v) is 19.5. The topological polar surface area (TPSA) is 380 Å². The Hall–Kier alpha value is -8.70. The van der Waals surface area contributed by atoms with Gasteiger partial charge in [-0.25, -0.2) is 4.79 Å². The molecule has 0 radical (unpaired) electrons. The highest BCUT2D eigenvalue weighted by atomic mass is 16.5. The minimum Gasteiger partial charge on any atom is -0.496 e. The first-order chi connectivity index (χ1) is 48.8. The Kier molecular flexibility index (Phi) is 33.0. The standard InChI is InChI=1S/C76H121N13O16/c1-37(2)34-50-65(92)80-57(41(9)10)73(100)88(23)62(44(15)16)75(102)87(22)51(35-48-36-77-49-32-29-33-52(104-25)53(48)49)66(93)78-54(38(3)4)68(95)84-60(64(91)47-30-27-26-28-31-47)69(96)82-58(42(11)12)76(103)105-46(18)59(83-67(94)55(39(5)6)79-70(97)61(43(13)14)85(19)20)74(101)89(24)63(45(17)90)71(98)81-56(40(7)8)72(99)86(50)21/h26-33,36-46,50-51,54-64,77,90-91H,34-35H2,1-25H3,(H,78,93)(H,79,97)(H,80,92)(H,81,98)(H,82,96)(H,83,94)(H,84,95)/t45-,46-,50+,51+,54+,55+,56+,57+,58+,59+,60?,61+,62+,63+,64-/m1/s1. The summed E-state index contributed by atoms with van der Waals surface area (Å²) < 4.78 is 11.8. The van der Waals surface area contributed by atoms with E-state index in [1.54, 1.807) is 145 Å². The predicted octanol–water partition coefficient (Wildman–Crippen LogP) is 3.05. The van der Waals surface area contributed by atoms with Crippen molar-refractivity contribution in [3.8, 4) is 5.75 Å². The first-order valence-corrected chi connectivity index (χ1v) is 36.4. The van der Waals surface area contributed by atoms with E-state index >= 15 is 38.4 Å². The Labute approximate surface area is 619 Å². The number of nitrogens with zero attached hydrogens (tertiary/aromatic N) is 5. The smallest absolute Gasteiger partial charge is 0.329 e. The summed E-state index contributed by atoms with van der Waals surface area (Å²) in [5.41, 5.74) is 1.30. The zero-order valence-electron chi connectivity index (χ0n) is 66.2. The van der Waals surface area contributed by atoms with Crippen LogP contribution in [0.4, 0.5) is 0 Å². The zero-order valence-corrected chi connectivity index (χ0v) is 66.2. The number of esters is 1. The van der Waals surface area contributed by atoms with Crippen molar-refractivity contribution < 1.29 is 77.2 Å². The number of H-pyrrole nitrogens is 1. The van der Waals surface area contributed by atoms with Gasteiger partial charge in [-0.15, -0.1) is 0 Å². The summed E-state index contributed by atoms with van der Waals surface area (Å²) in [6.45, 7) is 29.4. The molecule has 3 aromatic rings. The van der Waals surface area contributed by atoms with Gasteiger partial charge in [0.25, 0.3) is 0 Å². The lowest BCUT2D eigenvalue weighted by molar-refractivity contribution is -0.160. The molecule has 11 amide bonds. The van der Waals surface area contributed by atoms with Gasteiger partial charge in [0, 0.05) is 51.7 Å². The van der Waals surface area contributed by atoms with Crippen LogP contribution in [0, 0.1) is 47.3 Å². The summed E-state index contributed by atoms with van der Waals surface area (Å²) in [6.07, 6.45) is -3.76. The molecule has 1 aliphatic rings. The third kappa shape index (κ3) is 22.4. The van der Waals surface area contributed by atoms with Crippen LogP contribution in [0.25, 0.3) is 10.9 Å². The molecule has 1 fully saturated rings. The highest BCUT2D eigenvalue weighted by Crippen LogP contribution is 2.31. The summed E-state index contributed by atoms with van der Waals surface area (Å²) in [4.78, 5) is 190. The summed E-state index contributed by atoms with van der Waals surface area (Å²) in [6, 6.07) is -4.69. The first-order valence-electron chi connectivity index (χ1n) is 36.4. The van der Waals surface area contributed by atoms with Crippen LogP contribution in [-0.2, 0) is 68.7 Å². The van der Waals surface area contributed by atoms with E-state index in [-0.39, 0.29) is 30.2 Å². The van der Waals surface area contributed by atoms with Gasteiger partial charge in [-0.1, -0.05) is 147 Å². The number of aromatic nitrogens is 1. The summed E-state index contributed by atoms with van der Waals surface area (Å²) in [5, 5.41) is 43.5. The monoisotopic (exact) mass is 1470 g/mol. The normalized spacial score (nSPS) is 24.8. The molecule has 0 bridgehead atoms. The minimum absolute atomic E-state index is 0.0455. The number of cyclic esters (lactones) is 1. The van der Waals surface area contributed by atoms with E-state index in [9.17, 15) is 29.4 Å². The van der Waals surface area contributed by atoms with Gasteiger partial charge in [0.05, 0.1) is 19.3 Å². The van der Waals surface area contributed by atoms with E-state index in [1.807, 2.05) is 27.7 Å². The molecular formula is C76H121N13O16. The van der Waals surface area contributed by atoms with E-state index in [2.05, 4.69) is 42.2 Å². The zero-order chi connectivity index (χ0) is 79.8. The fourth-order valence-corrected chi connectivity index (χ4v) is 13.4. The van der Waals surface area contributed by atoms with Crippen LogP contribution in [0.1, 0.15) is 148 Å². The Morgan fingerprint density at radius 3 is 1.52 bits per heavy atom. The number of aromatic amines is 1. The Morgan fingerprint density at radius 2 is 1.03 bits per heavy atom. The van der Waals surface area contributed by atoms with E-state index in [0.717, 1.165) is 16.8 Å².